The van der Waals surface area contributed by atoms with E-state index in [4.69, 9.17) is 4.98 Å². The highest BCUT2D eigenvalue weighted by molar-refractivity contribution is 5.74. The Morgan fingerprint density at radius 1 is 1.10 bits per heavy atom. The number of aryl methyl sites for hydroxylation is 1. The Labute approximate surface area is 171 Å². The first-order chi connectivity index (χ1) is 14.2. The predicted octanol–water partition coefficient (Wildman–Crippen LogP) is 4.15. The van der Waals surface area contributed by atoms with E-state index in [9.17, 15) is 9.90 Å². The summed E-state index contributed by atoms with van der Waals surface area (Å²) in [5.41, 5.74) is 3.41. The number of carboxylic acids is 1. The highest BCUT2D eigenvalue weighted by atomic mass is 16.4. The molecule has 2 aromatic carbocycles. The largest absolute Gasteiger partial charge is 0.481 e. The fourth-order valence-corrected chi connectivity index (χ4v) is 4.59. The molecule has 1 aromatic heterocycles. The van der Waals surface area contributed by atoms with Crippen molar-refractivity contribution in [3.8, 4) is 0 Å². The van der Waals surface area contributed by atoms with Crippen molar-refractivity contribution < 1.29 is 9.90 Å². The number of fused-ring (bicyclic) bond motifs is 1. The van der Waals surface area contributed by atoms with Gasteiger partial charge in [0.1, 0.15) is 5.82 Å². The number of aromatic nitrogens is 2. The third-order valence-corrected chi connectivity index (χ3v) is 6.09. The van der Waals surface area contributed by atoms with E-state index in [0.29, 0.717) is 5.92 Å². The standard InChI is InChI=1S/C24H29N3O2/c28-24(29)16-19-12-14-27(13-6-9-18-7-2-1-3-8-18)17-20(19)15-23-25-21-10-4-5-11-22(21)26-23/h1-5,7-8,10-11,19-20H,6,9,12-17H2,(H,25,26)(H,28,29)/t19-,20-/m0/s1. The maximum atomic E-state index is 11.4. The van der Waals surface area contributed by atoms with Crippen LogP contribution in [0.25, 0.3) is 11.0 Å². The summed E-state index contributed by atoms with van der Waals surface area (Å²) in [6.07, 6.45) is 4.22. The summed E-state index contributed by atoms with van der Waals surface area (Å²) in [6.45, 7) is 3.00. The first-order valence-electron chi connectivity index (χ1n) is 10.6. The van der Waals surface area contributed by atoms with Crippen molar-refractivity contribution in [2.75, 3.05) is 19.6 Å². The van der Waals surface area contributed by atoms with Gasteiger partial charge in [0.15, 0.2) is 0 Å². The fourth-order valence-electron chi connectivity index (χ4n) is 4.59. The van der Waals surface area contributed by atoms with E-state index in [0.717, 1.165) is 62.2 Å². The molecule has 2 N–H and O–H groups in total. The van der Waals surface area contributed by atoms with Crippen molar-refractivity contribution in [2.24, 2.45) is 11.8 Å². The number of hydrogen-bond acceptors (Lipinski definition) is 3. The van der Waals surface area contributed by atoms with Gasteiger partial charge in [-0.05, 0) is 61.9 Å². The Balaban J connectivity index is 1.39. The molecule has 5 heteroatoms. The van der Waals surface area contributed by atoms with Crippen LogP contribution in [0.5, 0.6) is 0 Å². The second-order valence-corrected chi connectivity index (χ2v) is 8.20. The van der Waals surface area contributed by atoms with Crippen molar-refractivity contribution >= 4 is 17.0 Å². The number of aliphatic carboxylic acids is 1. The third kappa shape index (κ3) is 5.24. The smallest absolute Gasteiger partial charge is 0.303 e. The fraction of sp³-hybridized carbons (Fsp3) is 0.417. The molecule has 0 unspecified atom stereocenters. The summed E-state index contributed by atoms with van der Waals surface area (Å²) in [7, 11) is 0. The minimum atomic E-state index is -0.692. The molecule has 1 aliphatic rings. The van der Waals surface area contributed by atoms with Gasteiger partial charge < -0.3 is 15.0 Å². The normalized spacial score (nSPS) is 20.1. The van der Waals surface area contributed by atoms with Gasteiger partial charge in [0, 0.05) is 19.4 Å². The van der Waals surface area contributed by atoms with Gasteiger partial charge in [-0.2, -0.15) is 0 Å². The number of piperidine rings is 1. The molecule has 0 amide bonds. The van der Waals surface area contributed by atoms with Gasteiger partial charge in [-0.25, -0.2) is 4.98 Å². The van der Waals surface area contributed by atoms with Crippen molar-refractivity contribution in [1.82, 2.24) is 14.9 Å². The lowest BCUT2D eigenvalue weighted by molar-refractivity contribution is -0.139. The van der Waals surface area contributed by atoms with Gasteiger partial charge in [-0.3, -0.25) is 4.79 Å². The van der Waals surface area contributed by atoms with E-state index in [1.807, 2.05) is 24.3 Å². The summed E-state index contributed by atoms with van der Waals surface area (Å²) >= 11 is 0. The molecule has 1 fully saturated rings. The molecule has 5 nitrogen and oxygen atoms in total. The van der Waals surface area contributed by atoms with Gasteiger partial charge in [0.05, 0.1) is 11.0 Å². The molecule has 2 atom stereocenters. The highest BCUT2D eigenvalue weighted by Crippen LogP contribution is 2.29. The van der Waals surface area contributed by atoms with E-state index < -0.39 is 5.97 Å². The quantitative estimate of drug-likeness (QED) is 0.605. The molecule has 2 heterocycles. The molecule has 152 valence electrons. The number of rotatable bonds is 8. The molecule has 0 spiro atoms. The van der Waals surface area contributed by atoms with Crippen LogP contribution in [-0.4, -0.2) is 45.6 Å². The molecule has 3 aromatic rings. The second-order valence-electron chi connectivity index (χ2n) is 8.20. The number of para-hydroxylation sites is 2. The van der Waals surface area contributed by atoms with E-state index in [-0.39, 0.29) is 12.3 Å². The predicted molar refractivity (Wildman–Crippen MR) is 115 cm³/mol. The zero-order chi connectivity index (χ0) is 20.1. The Hall–Kier alpha value is -2.66. The van der Waals surface area contributed by atoms with Gasteiger partial charge in [0.25, 0.3) is 0 Å². The lowest BCUT2D eigenvalue weighted by atomic mass is 9.81. The number of benzene rings is 2. The molecule has 1 aliphatic heterocycles. The Kier molecular flexibility index (Phi) is 6.25. The monoisotopic (exact) mass is 391 g/mol. The number of imidazole rings is 1. The lowest BCUT2D eigenvalue weighted by Crippen LogP contribution is -2.42. The minimum Gasteiger partial charge on any atom is -0.481 e. The SMILES string of the molecule is O=C(O)C[C@@H]1CCN(CCCc2ccccc2)C[C@@H]1Cc1nc2ccccc2[nH]1. The third-order valence-electron chi connectivity index (χ3n) is 6.09. The zero-order valence-corrected chi connectivity index (χ0v) is 16.8. The lowest BCUT2D eigenvalue weighted by Gasteiger charge is -2.38. The Bertz CT molecular complexity index is 904. The number of nitrogens with zero attached hydrogens (tertiary/aromatic N) is 2. The van der Waals surface area contributed by atoms with Crippen LogP contribution in [0.2, 0.25) is 0 Å². The van der Waals surface area contributed by atoms with Gasteiger partial charge >= 0.3 is 5.97 Å². The first kappa shape index (κ1) is 19.6. The molecule has 0 radical (unpaired) electrons. The summed E-state index contributed by atoms with van der Waals surface area (Å²) in [5, 5.41) is 9.36. The van der Waals surface area contributed by atoms with Crippen molar-refractivity contribution in [3.63, 3.8) is 0 Å². The zero-order valence-electron chi connectivity index (χ0n) is 16.8. The number of nitrogens with one attached hydrogen (secondary N) is 1. The van der Waals surface area contributed by atoms with Crippen LogP contribution in [0.15, 0.2) is 54.6 Å². The van der Waals surface area contributed by atoms with E-state index in [2.05, 4.69) is 40.2 Å². The average molecular weight is 392 g/mol. The summed E-state index contributed by atoms with van der Waals surface area (Å²) in [4.78, 5) is 22.0. The first-order valence-corrected chi connectivity index (χ1v) is 10.6. The van der Waals surface area contributed by atoms with Crippen molar-refractivity contribution in [3.05, 3.63) is 66.0 Å². The summed E-state index contributed by atoms with van der Waals surface area (Å²) in [6, 6.07) is 18.7. The van der Waals surface area contributed by atoms with Gasteiger partial charge in [0.2, 0.25) is 0 Å². The molecule has 0 bridgehead atoms. The summed E-state index contributed by atoms with van der Waals surface area (Å²) in [5.74, 6) is 0.808. The van der Waals surface area contributed by atoms with Crippen LogP contribution in [0.3, 0.4) is 0 Å². The second kappa shape index (κ2) is 9.23. The molecule has 0 saturated carbocycles. The Morgan fingerprint density at radius 3 is 2.69 bits per heavy atom. The van der Waals surface area contributed by atoms with Crippen LogP contribution < -0.4 is 0 Å². The molecule has 4 rings (SSSR count). The molecule has 29 heavy (non-hydrogen) atoms. The summed E-state index contributed by atoms with van der Waals surface area (Å²) < 4.78 is 0. The number of likely N-dealkylation sites (tertiary alicyclic amines) is 1. The number of carboxylic acid groups (broad SMARTS) is 1. The highest BCUT2D eigenvalue weighted by Gasteiger charge is 2.31. The average Bonchev–Trinajstić information content (AvgIpc) is 3.13. The van der Waals surface area contributed by atoms with Gasteiger partial charge in [-0.15, -0.1) is 0 Å². The maximum Gasteiger partial charge on any atom is 0.303 e. The molecular weight excluding hydrogens is 362 g/mol. The van der Waals surface area contributed by atoms with Crippen LogP contribution in [0.4, 0.5) is 0 Å². The van der Waals surface area contributed by atoms with E-state index >= 15 is 0 Å². The molecule has 1 saturated heterocycles. The van der Waals surface area contributed by atoms with Crippen LogP contribution in [0.1, 0.15) is 30.7 Å². The number of carbonyl (C=O) groups is 1. The van der Waals surface area contributed by atoms with Crippen LogP contribution >= 0.6 is 0 Å². The number of H-pyrrole nitrogens is 1. The maximum absolute atomic E-state index is 11.4. The van der Waals surface area contributed by atoms with E-state index in [1.165, 1.54) is 5.56 Å². The van der Waals surface area contributed by atoms with Crippen molar-refractivity contribution in [1.29, 1.82) is 0 Å². The topological polar surface area (TPSA) is 69.2 Å². The molecular formula is C24H29N3O2. The van der Waals surface area contributed by atoms with Gasteiger partial charge in [-0.1, -0.05) is 42.5 Å². The van der Waals surface area contributed by atoms with E-state index in [1.54, 1.807) is 0 Å². The molecule has 0 aliphatic carbocycles. The number of hydrogen-bond donors (Lipinski definition) is 2. The van der Waals surface area contributed by atoms with Crippen LogP contribution in [-0.2, 0) is 17.6 Å². The van der Waals surface area contributed by atoms with Crippen LogP contribution in [0, 0.1) is 11.8 Å². The van der Waals surface area contributed by atoms with Crippen molar-refractivity contribution in [2.45, 2.75) is 32.1 Å². The number of aromatic amines is 1. The Morgan fingerprint density at radius 2 is 1.90 bits per heavy atom. The minimum absolute atomic E-state index is 0.214.